The van der Waals surface area contributed by atoms with Crippen LogP contribution in [0.5, 0.6) is 0 Å². The van der Waals surface area contributed by atoms with Crippen molar-refractivity contribution in [3.05, 3.63) is 66.1 Å². The summed E-state index contributed by atoms with van der Waals surface area (Å²) in [5.41, 5.74) is 12.8. The number of ether oxygens (including phenoxy) is 1. The van der Waals surface area contributed by atoms with Crippen LogP contribution < -0.4 is 22.1 Å². The Morgan fingerprint density at radius 3 is 2.71 bits per heavy atom. The van der Waals surface area contributed by atoms with Gasteiger partial charge in [0.05, 0.1) is 31.0 Å². The second-order valence-electron chi connectivity index (χ2n) is 14.1. The molecule has 7 N–H and O–H groups in total. The fourth-order valence-electron chi connectivity index (χ4n) is 6.50. The summed E-state index contributed by atoms with van der Waals surface area (Å²) in [6.45, 7) is 6.21. The number of rotatable bonds is 7. The van der Waals surface area contributed by atoms with Gasteiger partial charge in [-0.25, -0.2) is 19.2 Å². The highest BCUT2D eigenvalue weighted by Gasteiger charge is 2.39. The van der Waals surface area contributed by atoms with Crippen LogP contribution in [0.25, 0.3) is 11.4 Å². The summed E-state index contributed by atoms with van der Waals surface area (Å²) in [7, 11) is 0. The van der Waals surface area contributed by atoms with Crippen LogP contribution in [0.1, 0.15) is 62.8 Å². The number of hydrogen-bond donors (Lipinski definition) is 5. The molecule has 2 aliphatic rings. The van der Waals surface area contributed by atoms with Gasteiger partial charge in [0.15, 0.2) is 11.6 Å². The van der Waals surface area contributed by atoms with Gasteiger partial charge in [0.2, 0.25) is 17.8 Å². The van der Waals surface area contributed by atoms with E-state index in [2.05, 4.69) is 35.9 Å². The van der Waals surface area contributed by atoms with Crippen LogP contribution in [-0.4, -0.2) is 108 Å². The zero-order valence-corrected chi connectivity index (χ0v) is 31.5. The number of nitrogens with one attached hydrogen (secondary N) is 2. The molecule has 0 aromatic carbocycles. The average molecular weight is 778 g/mol. The van der Waals surface area contributed by atoms with Crippen LogP contribution in [0.4, 0.5) is 16.2 Å². The number of aromatic nitrogens is 6. The van der Waals surface area contributed by atoms with Crippen LogP contribution in [-0.2, 0) is 32.1 Å². The van der Waals surface area contributed by atoms with Gasteiger partial charge < -0.3 is 41.3 Å². The standard InChI is InChI=1S/C37H48FN11O7/c1-21(2)34-23(15-32(52)42-11-13-48-19-27(46-47-48)26-18-30(39)45-37(40)44-26)8-9-31(51)41-10-4-6-22(3)14-25(50)16-24(38)17-33-43-28(20-55-33)35(53)49-12-5-7-29(49)36(54)56-34/h4,6,8-9,14,18-21,23-25,29,34,50H,5,7,10-13,15-17H2,1-3H3,(H,41,51)(H,42,52)(H4,39,40,44,45)/b6-4+,9-8+,22-14+. The molecule has 56 heavy (non-hydrogen) atoms. The number of carbonyl (C=O) groups excluding carboxylic acids is 4. The van der Waals surface area contributed by atoms with Crippen molar-refractivity contribution in [2.75, 3.05) is 31.1 Å². The third kappa shape index (κ3) is 11.5. The molecule has 5 rings (SSSR count). The van der Waals surface area contributed by atoms with E-state index in [1.165, 1.54) is 33.9 Å². The zero-order valence-electron chi connectivity index (χ0n) is 31.5. The van der Waals surface area contributed by atoms with E-state index in [0.29, 0.717) is 29.8 Å². The molecular weight excluding hydrogens is 729 g/mol. The molecule has 3 aromatic heterocycles. The van der Waals surface area contributed by atoms with Gasteiger partial charge in [-0.2, -0.15) is 4.98 Å². The van der Waals surface area contributed by atoms with Crippen LogP contribution in [0.2, 0.25) is 0 Å². The van der Waals surface area contributed by atoms with Crippen LogP contribution in [0.15, 0.2) is 58.9 Å². The van der Waals surface area contributed by atoms with Gasteiger partial charge in [-0.05, 0) is 31.8 Å². The molecule has 2 bridgehead atoms. The van der Waals surface area contributed by atoms with Crippen LogP contribution in [0.3, 0.4) is 0 Å². The van der Waals surface area contributed by atoms with Crippen molar-refractivity contribution < 1.29 is 37.8 Å². The third-order valence-electron chi connectivity index (χ3n) is 9.15. The van der Waals surface area contributed by atoms with E-state index in [1.807, 2.05) is 13.8 Å². The highest BCUT2D eigenvalue weighted by molar-refractivity contribution is 5.95. The molecule has 0 saturated carbocycles. The number of carbonyl (C=O) groups is 4. The fraction of sp³-hybridized carbons (Fsp3) is 0.486. The third-order valence-corrected chi connectivity index (χ3v) is 9.15. The number of nitrogen functional groups attached to an aromatic ring is 2. The van der Waals surface area contributed by atoms with Crippen molar-refractivity contribution in [3.8, 4) is 11.4 Å². The van der Waals surface area contributed by atoms with Crippen molar-refractivity contribution in [1.29, 1.82) is 0 Å². The molecular formula is C37H48FN11O7. The van der Waals surface area contributed by atoms with Gasteiger partial charge in [0.25, 0.3) is 5.91 Å². The number of aliphatic hydroxyl groups excluding tert-OH is 1. The predicted octanol–water partition coefficient (Wildman–Crippen LogP) is 1.70. The second kappa shape index (κ2) is 19.1. The Kier molecular flexibility index (Phi) is 14.0. The lowest BCUT2D eigenvalue weighted by Gasteiger charge is -2.30. The van der Waals surface area contributed by atoms with E-state index in [4.69, 9.17) is 20.6 Å². The van der Waals surface area contributed by atoms with Crippen LogP contribution >= 0.6 is 0 Å². The number of aliphatic hydroxyl groups is 1. The Bertz CT molecular complexity index is 1940. The Balaban J connectivity index is 1.32. The number of nitrogens with zero attached hydrogens (tertiary/aromatic N) is 7. The minimum atomic E-state index is -1.51. The second-order valence-corrected chi connectivity index (χ2v) is 14.1. The van der Waals surface area contributed by atoms with Gasteiger partial charge in [-0.3, -0.25) is 19.1 Å². The maximum atomic E-state index is 14.9. The average Bonchev–Trinajstić information content (AvgIpc) is 3.91. The van der Waals surface area contributed by atoms with Crippen molar-refractivity contribution in [1.82, 2.24) is 45.5 Å². The molecule has 5 atom stereocenters. The fourth-order valence-corrected chi connectivity index (χ4v) is 6.50. The summed E-state index contributed by atoms with van der Waals surface area (Å²) in [6, 6.07) is 0.569. The lowest BCUT2D eigenvalue weighted by atomic mass is 9.89. The zero-order chi connectivity index (χ0) is 40.4. The first-order chi connectivity index (χ1) is 26.7. The number of amides is 3. The molecule has 3 aromatic rings. The number of hydrogen-bond acceptors (Lipinski definition) is 14. The molecule has 5 unspecified atom stereocenters. The van der Waals surface area contributed by atoms with Gasteiger partial charge in [-0.1, -0.05) is 48.9 Å². The summed E-state index contributed by atoms with van der Waals surface area (Å²) in [5, 5.41) is 24.1. The van der Waals surface area contributed by atoms with Crippen molar-refractivity contribution >= 4 is 35.5 Å². The molecule has 0 radical (unpaired) electrons. The smallest absolute Gasteiger partial charge is 0.329 e. The highest BCUT2D eigenvalue weighted by atomic mass is 19.1. The van der Waals surface area contributed by atoms with Gasteiger partial charge >= 0.3 is 5.97 Å². The minimum absolute atomic E-state index is 0.00631. The summed E-state index contributed by atoms with van der Waals surface area (Å²) >= 11 is 0. The van der Waals surface area contributed by atoms with E-state index >= 15 is 0 Å². The maximum Gasteiger partial charge on any atom is 0.329 e. The largest absolute Gasteiger partial charge is 0.460 e. The van der Waals surface area contributed by atoms with E-state index in [1.54, 1.807) is 25.3 Å². The molecule has 19 heteroatoms. The number of oxazole rings is 1. The molecule has 2 aliphatic heterocycles. The lowest BCUT2D eigenvalue weighted by Crippen LogP contribution is -2.44. The number of fused-ring (bicyclic) bond motifs is 3. The summed E-state index contributed by atoms with van der Waals surface area (Å²) in [5.74, 6) is -2.95. The number of allylic oxidation sites excluding steroid dienone is 2. The molecule has 3 amide bonds. The van der Waals surface area contributed by atoms with E-state index in [9.17, 15) is 28.7 Å². The quantitative estimate of drug-likeness (QED) is 0.214. The van der Waals surface area contributed by atoms with Gasteiger partial charge in [-0.15, -0.1) is 5.10 Å². The van der Waals surface area contributed by atoms with Gasteiger partial charge in [0, 0.05) is 44.5 Å². The summed E-state index contributed by atoms with van der Waals surface area (Å²) in [4.78, 5) is 67.0. The first-order valence-corrected chi connectivity index (χ1v) is 18.4. The molecule has 0 aliphatic carbocycles. The van der Waals surface area contributed by atoms with Crippen LogP contribution in [0, 0.1) is 11.8 Å². The SMILES string of the molecule is CC1=C\C(O)CC(F)Cc2nc(co2)C(=O)N2CCCC2C(=O)OC(C(C)C)C(CC(=O)NCCn2cc(-c3cc(N)nc(N)n3)nn2)/C=C/C(=O)NC\C=C\1. The van der Waals surface area contributed by atoms with E-state index in [0.717, 1.165) is 6.26 Å². The van der Waals surface area contributed by atoms with Crippen molar-refractivity contribution in [2.45, 2.75) is 83.8 Å². The molecule has 300 valence electrons. The predicted molar refractivity (Wildman–Crippen MR) is 201 cm³/mol. The van der Waals surface area contributed by atoms with Crippen molar-refractivity contribution in [2.24, 2.45) is 11.8 Å². The number of alkyl halides is 1. The maximum absolute atomic E-state index is 14.9. The topological polar surface area (TPSA) is 260 Å². The molecule has 1 fully saturated rings. The number of cyclic esters (lactones) is 1. The highest BCUT2D eigenvalue weighted by Crippen LogP contribution is 2.27. The lowest BCUT2D eigenvalue weighted by molar-refractivity contribution is -0.159. The molecule has 0 spiro atoms. The molecule has 5 heterocycles. The Morgan fingerprint density at radius 2 is 1.95 bits per heavy atom. The number of anilines is 2. The Hall–Kier alpha value is -5.98. The first kappa shape index (κ1) is 41.2. The van der Waals surface area contributed by atoms with Gasteiger partial charge in [0.1, 0.15) is 36.1 Å². The summed E-state index contributed by atoms with van der Waals surface area (Å²) in [6.07, 6.45) is 7.17. The monoisotopic (exact) mass is 777 g/mol. The number of esters is 1. The van der Waals surface area contributed by atoms with E-state index in [-0.39, 0.29) is 80.6 Å². The number of nitrogens with two attached hydrogens (primary N) is 2. The van der Waals surface area contributed by atoms with Crippen molar-refractivity contribution in [3.63, 3.8) is 0 Å². The summed E-state index contributed by atoms with van der Waals surface area (Å²) < 4.78 is 27.8. The molecule has 1 saturated heterocycles. The number of halogens is 1. The van der Waals surface area contributed by atoms with E-state index < -0.39 is 48.1 Å². The normalized spacial score (nSPS) is 25.1. The minimum Gasteiger partial charge on any atom is -0.460 e. The molecule has 18 nitrogen and oxygen atoms in total. The first-order valence-electron chi connectivity index (χ1n) is 18.4. The Labute approximate surface area is 322 Å². The Morgan fingerprint density at radius 1 is 1.14 bits per heavy atom.